The van der Waals surface area contributed by atoms with Gasteiger partial charge >= 0.3 is 0 Å². The zero-order chi connectivity index (χ0) is 30.2. The molecule has 3 aromatic carbocycles. The van der Waals surface area contributed by atoms with Gasteiger partial charge in [0.15, 0.2) is 15.6 Å². The van der Waals surface area contributed by atoms with Gasteiger partial charge in [0.2, 0.25) is 10.0 Å². The minimum absolute atomic E-state index is 0.0555. The molecule has 220 valence electrons. The number of methoxy groups -OCH3 is 1. The van der Waals surface area contributed by atoms with Crippen molar-refractivity contribution in [3.63, 3.8) is 0 Å². The predicted octanol–water partition coefficient (Wildman–Crippen LogP) is 4.28. The number of ether oxygens (including phenoxy) is 2. The van der Waals surface area contributed by atoms with Crippen LogP contribution in [0.15, 0.2) is 65.7 Å². The summed E-state index contributed by atoms with van der Waals surface area (Å²) >= 11 is 0. The van der Waals surface area contributed by atoms with E-state index in [1.54, 1.807) is 31.4 Å². The standard InChI is InChI=1S/C29H28FN3O7S2/c1-4-42(37,38)32-26-22-6-5-13-31-27(22)28(40-17-18-7-11-21(39-2)12-8-18)25-23(26)16-33(29(25)34)15-19-9-10-20(30)14-24(19)41(3,35)36/h5-14,32H,4,15-17H2,1-3H3. The smallest absolute Gasteiger partial charge is 0.258 e. The summed E-state index contributed by atoms with van der Waals surface area (Å²) < 4.78 is 78.3. The van der Waals surface area contributed by atoms with E-state index in [1.165, 1.54) is 24.1 Å². The van der Waals surface area contributed by atoms with Crippen molar-refractivity contribution in [2.75, 3.05) is 23.8 Å². The van der Waals surface area contributed by atoms with E-state index in [4.69, 9.17) is 9.47 Å². The molecule has 0 saturated carbocycles. The van der Waals surface area contributed by atoms with Gasteiger partial charge in [-0.25, -0.2) is 21.2 Å². The van der Waals surface area contributed by atoms with Crippen LogP contribution in [0.1, 0.15) is 34.0 Å². The van der Waals surface area contributed by atoms with Crippen LogP contribution in [0.2, 0.25) is 0 Å². The van der Waals surface area contributed by atoms with Crippen LogP contribution in [0.4, 0.5) is 10.1 Å². The highest BCUT2D eigenvalue weighted by atomic mass is 32.2. The maximum Gasteiger partial charge on any atom is 0.258 e. The first-order valence-electron chi connectivity index (χ1n) is 12.9. The average molecular weight is 614 g/mol. The largest absolute Gasteiger partial charge is 0.497 e. The minimum atomic E-state index is -3.82. The highest BCUT2D eigenvalue weighted by Crippen LogP contribution is 2.44. The van der Waals surface area contributed by atoms with E-state index in [-0.39, 0.29) is 58.4 Å². The van der Waals surface area contributed by atoms with Crippen molar-refractivity contribution in [3.8, 4) is 11.5 Å². The number of aromatic nitrogens is 1. The Morgan fingerprint density at radius 2 is 1.81 bits per heavy atom. The molecule has 0 aliphatic carbocycles. The third-order valence-electron chi connectivity index (χ3n) is 6.94. The first kappa shape index (κ1) is 29.3. The van der Waals surface area contributed by atoms with Gasteiger partial charge in [-0.05, 0) is 54.4 Å². The fraction of sp³-hybridized carbons (Fsp3) is 0.241. The van der Waals surface area contributed by atoms with Crippen molar-refractivity contribution >= 4 is 42.4 Å². The lowest BCUT2D eigenvalue weighted by Gasteiger charge is -2.18. The Morgan fingerprint density at radius 3 is 2.48 bits per heavy atom. The van der Waals surface area contributed by atoms with Crippen LogP contribution in [0.5, 0.6) is 11.5 Å². The third kappa shape index (κ3) is 5.74. The van der Waals surface area contributed by atoms with Gasteiger partial charge in [0, 0.05) is 36.5 Å². The maximum atomic E-state index is 14.0. The zero-order valence-corrected chi connectivity index (χ0v) is 24.7. The Morgan fingerprint density at radius 1 is 1.07 bits per heavy atom. The number of hydrogen-bond donors (Lipinski definition) is 1. The average Bonchev–Trinajstić information content (AvgIpc) is 3.28. The number of sulfonamides is 1. The molecule has 1 N–H and O–H groups in total. The predicted molar refractivity (Wildman–Crippen MR) is 155 cm³/mol. The van der Waals surface area contributed by atoms with Gasteiger partial charge in [0.05, 0.1) is 29.0 Å². The van der Waals surface area contributed by atoms with E-state index in [9.17, 15) is 26.0 Å². The topological polar surface area (TPSA) is 132 Å². The number of benzene rings is 3. The highest BCUT2D eigenvalue weighted by molar-refractivity contribution is 7.92. The van der Waals surface area contributed by atoms with E-state index in [0.717, 1.165) is 24.0 Å². The van der Waals surface area contributed by atoms with E-state index in [1.807, 2.05) is 12.1 Å². The third-order valence-corrected chi connectivity index (χ3v) is 9.40. The molecule has 42 heavy (non-hydrogen) atoms. The van der Waals surface area contributed by atoms with Crippen molar-refractivity contribution in [2.45, 2.75) is 31.5 Å². The molecule has 1 amide bonds. The molecule has 13 heteroatoms. The molecule has 0 bridgehead atoms. The normalized spacial score (nSPS) is 13.3. The molecule has 0 unspecified atom stereocenters. The van der Waals surface area contributed by atoms with Gasteiger partial charge in [-0.3, -0.25) is 14.5 Å². The molecular formula is C29H28FN3O7S2. The lowest BCUT2D eigenvalue weighted by atomic mass is 10.0. The summed E-state index contributed by atoms with van der Waals surface area (Å²) in [6.07, 6.45) is 2.48. The number of fused-ring (bicyclic) bond motifs is 2. The van der Waals surface area contributed by atoms with Crippen molar-refractivity contribution in [2.24, 2.45) is 0 Å². The van der Waals surface area contributed by atoms with Crippen molar-refractivity contribution in [3.05, 3.63) is 88.9 Å². The monoisotopic (exact) mass is 613 g/mol. The van der Waals surface area contributed by atoms with Gasteiger partial charge in [-0.15, -0.1) is 0 Å². The number of sulfone groups is 1. The maximum absolute atomic E-state index is 14.0. The number of carbonyl (C=O) groups is 1. The van der Waals surface area contributed by atoms with Crippen molar-refractivity contribution in [1.82, 2.24) is 9.88 Å². The van der Waals surface area contributed by atoms with Crippen molar-refractivity contribution in [1.29, 1.82) is 0 Å². The Hall–Kier alpha value is -4.23. The second kappa shape index (κ2) is 11.2. The minimum Gasteiger partial charge on any atom is -0.497 e. The number of amides is 1. The van der Waals surface area contributed by atoms with E-state index >= 15 is 0 Å². The summed E-state index contributed by atoms with van der Waals surface area (Å²) in [6, 6.07) is 13.9. The van der Waals surface area contributed by atoms with E-state index in [0.29, 0.717) is 16.7 Å². The fourth-order valence-electron chi connectivity index (χ4n) is 4.84. The zero-order valence-electron chi connectivity index (χ0n) is 23.0. The number of nitrogens with one attached hydrogen (secondary N) is 1. The molecule has 0 spiro atoms. The number of pyridine rings is 1. The molecular weight excluding hydrogens is 585 g/mol. The Bertz CT molecular complexity index is 1910. The van der Waals surface area contributed by atoms with Crippen LogP contribution in [-0.2, 0) is 39.6 Å². The van der Waals surface area contributed by atoms with Crippen LogP contribution >= 0.6 is 0 Å². The Labute approximate surface area is 243 Å². The van der Waals surface area contributed by atoms with Gasteiger partial charge in [0.1, 0.15) is 23.7 Å². The Kier molecular flexibility index (Phi) is 7.82. The quantitative estimate of drug-likeness (QED) is 0.280. The number of nitrogens with zero attached hydrogens (tertiary/aromatic N) is 2. The van der Waals surface area contributed by atoms with Gasteiger partial charge in [-0.2, -0.15) is 0 Å². The summed E-state index contributed by atoms with van der Waals surface area (Å²) in [7, 11) is -6.02. The van der Waals surface area contributed by atoms with E-state index in [2.05, 4.69) is 9.71 Å². The number of hydrogen-bond acceptors (Lipinski definition) is 8. The number of anilines is 1. The SMILES string of the molecule is CCS(=O)(=O)Nc1c2c(c(OCc3ccc(OC)cc3)c3ncccc13)C(=O)N(Cc1ccc(F)cc1S(C)(=O)=O)C2. The molecule has 0 saturated heterocycles. The molecule has 2 heterocycles. The summed E-state index contributed by atoms with van der Waals surface area (Å²) in [5, 5.41) is 0.436. The lowest BCUT2D eigenvalue weighted by Crippen LogP contribution is -2.24. The number of rotatable bonds is 10. The second-order valence-electron chi connectivity index (χ2n) is 9.78. The van der Waals surface area contributed by atoms with Crippen LogP contribution in [0.3, 0.4) is 0 Å². The van der Waals surface area contributed by atoms with Crippen LogP contribution in [0.25, 0.3) is 10.9 Å². The molecule has 0 radical (unpaired) electrons. The molecule has 0 fully saturated rings. The highest BCUT2D eigenvalue weighted by Gasteiger charge is 2.37. The molecule has 10 nitrogen and oxygen atoms in total. The summed E-state index contributed by atoms with van der Waals surface area (Å²) in [4.78, 5) is 19.6. The van der Waals surface area contributed by atoms with Crippen LogP contribution in [0, 0.1) is 5.82 Å². The Balaban J connectivity index is 1.63. The molecule has 4 aromatic rings. The first-order chi connectivity index (χ1) is 19.9. The summed E-state index contributed by atoms with van der Waals surface area (Å²) in [5.74, 6) is -0.601. The van der Waals surface area contributed by atoms with Gasteiger partial charge in [0.25, 0.3) is 5.91 Å². The first-order valence-corrected chi connectivity index (χ1v) is 16.4. The lowest BCUT2D eigenvalue weighted by molar-refractivity contribution is 0.0762. The second-order valence-corrected chi connectivity index (χ2v) is 13.8. The molecule has 5 rings (SSSR count). The van der Waals surface area contributed by atoms with Crippen molar-refractivity contribution < 1.29 is 35.5 Å². The fourth-order valence-corrected chi connectivity index (χ4v) is 6.46. The number of carbonyl (C=O) groups excluding carboxylic acids is 1. The number of halogens is 1. The molecule has 0 atom stereocenters. The summed E-state index contributed by atoms with van der Waals surface area (Å²) in [6.45, 7) is 1.34. The van der Waals surface area contributed by atoms with E-state index < -0.39 is 31.6 Å². The van der Waals surface area contributed by atoms with Crippen LogP contribution in [-0.4, -0.2) is 51.7 Å². The summed E-state index contributed by atoms with van der Waals surface area (Å²) in [5.41, 5.74) is 1.98. The van der Waals surface area contributed by atoms with Gasteiger partial charge in [-0.1, -0.05) is 18.2 Å². The van der Waals surface area contributed by atoms with Gasteiger partial charge < -0.3 is 14.4 Å². The molecule has 1 aliphatic heterocycles. The molecule has 1 aliphatic rings. The van der Waals surface area contributed by atoms with Crippen LogP contribution < -0.4 is 14.2 Å². The molecule has 1 aromatic heterocycles.